The summed E-state index contributed by atoms with van der Waals surface area (Å²) in [6, 6.07) is 8.33. The van der Waals surface area contributed by atoms with Crippen LogP contribution >= 0.6 is 22.9 Å². The van der Waals surface area contributed by atoms with Gasteiger partial charge in [-0.25, -0.2) is 13.4 Å². The Morgan fingerprint density at radius 2 is 2.00 bits per heavy atom. The summed E-state index contributed by atoms with van der Waals surface area (Å²) in [5.74, 6) is -1.08. The number of halogens is 1. The molecule has 34 heavy (non-hydrogen) atoms. The smallest absolute Gasteiger partial charge is 0.265 e. The molecule has 0 spiro atoms. The molecule has 0 saturated carbocycles. The van der Waals surface area contributed by atoms with Crippen LogP contribution in [0.1, 0.15) is 22.4 Å². The van der Waals surface area contributed by atoms with E-state index in [-0.39, 0.29) is 23.5 Å². The van der Waals surface area contributed by atoms with Crippen molar-refractivity contribution in [3.05, 3.63) is 63.6 Å². The number of benzene rings is 2. The van der Waals surface area contributed by atoms with Gasteiger partial charge in [0.05, 0.1) is 29.2 Å². The van der Waals surface area contributed by atoms with Gasteiger partial charge in [0.15, 0.2) is 5.13 Å². The lowest BCUT2D eigenvalue weighted by Crippen LogP contribution is -2.52. The molecule has 0 radical (unpaired) electrons. The van der Waals surface area contributed by atoms with Crippen molar-refractivity contribution in [1.29, 1.82) is 0 Å². The van der Waals surface area contributed by atoms with Crippen molar-refractivity contribution < 1.29 is 18.0 Å². The second kappa shape index (κ2) is 9.24. The summed E-state index contributed by atoms with van der Waals surface area (Å²) in [5, 5.41) is 6.22. The number of aryl methyl sites for hydroxylation is 2. The monoisotopic (exact) mass is 519 g/mol. The number of nitrogens with zero attached hydrogens (tertiary/aromatic N) is 2. The second-order valence-electron chi connectivity index (χ2n) is 7.84. The van der Waals surface area contributed by atoms with Crippen LogP contribution in [0.4, 0.5) is 16.5 Å². The van der Waals surface area contributed by atoms with Gasteiger partial charge in [-0.15, -0.1) is 11.3 Å². The van der Waals surface area contributed by atoms with Crippen LogP contribution in [0.15, 0.2) is 47.5 Å². The highest BCUT2D eigenvalue weighted by Gasteiger charge is 2.42. The maximum Gasteiger partial charge on any atom is 0.265 e. The van der Waals surface area contributed by atoms with Crippen LogP contribution in [-0.2, 0) is 26.2 Å². The molecular weight excluding hydrogens is 498 g/mol. The molecule has 0 unspecified atom stereocenters. The molecule has 0 bridgehead atoms. The molecule has 2 amide bonds. The van der Waals surface area contributed by atoms with Crippen LogP contribution in [0.5, 0.6) is 0 Å². The SMILES string of the molecule is Cc1cc(S(=O)(=O)N2c3ccccc3NC(=O)[C@H]2CC(=O)NCc2cnc(N)s2)c(C)cc1Cl. The van der Waals surface area contributed by atoms with E-state index in [0.717, 1.165) is 9.18 Å². The Kier molecular flexibility index (Phi) is 6.52. The third kappa shape index (κ3) is 4.59. The Morgan fingerprint density at radius 3 is 2.71 bits per heavy atom. The van der Waals surface area contributed by atoms with Gasteiger partial charge in [-0.2, -0.15) is 0 Å². The predicted molar refractivity (Wildman–Crippen MR) is 132 cm³/mol. The lowest BCUT2D eigenvalue weighted by Gasteiger charge is -2.37. The number of nitrogens with one attached hydrogen (secondary N) is 2. The number of thiazole rings is 1. The molecule has 1 atom stereocenters. The molecule has 0 fully saturated rings. The van der Waals surface area contributed by atoms with Crippen molar-refractivity contribution in [3.8, 4) is 0 Å². The summed E-state index contributed by atoms with van der Waals surface area (Å²) >= 11 is 7.40. The molecule has 4 N–H and O–H groups in total. The van der Waals surface area contributed by atoms with Crippen LogP contribution in [0.25, 0.3) is 0 Å². The normalized spacial score (nSPS) is 15.6. The highest BCUT2D eigenvalue weighted by molar-refractivity contribution is 7.93. The predicted octanol–water partition coefficient (Wildman–Crippen LogP) is 3.22. The molecule has 9 nitrogen and oxygen atoms in total. The van der Waals surface area contributed by atoms with Crippen LogP contribution in [0.3, 0.4) is 0 Å². The van der Waals surface area contributed by atoms with E-state index >= 15 is 0 Å². The van der Waals surface area contributed by atoms with Gasteiger partial charge in [0, 0.05) is 16.1 Å². The lowest BCUT2D eigenvalue weighted by atomic mass is 10.1. The zero-order valence-electron chi connectivity index (χ0n) is 18.3. The molecule has 1 aliphatic heterocycles. The van der Waals surface area contributed by atoms with E-state index in [1.807, 2.05) is 0 Å². The summed E-state index contributed by atoms with van der Waals surface area (Å²) < 4.78 is 28.8. The van der Waals surface area contributed by atoms with Gasteiger partial charge in [-0.3, -0.25) is 13.9 Å². The number of hydrogen-bond acceptors (Lipinski definition) is 7. The Hall–Kier alpha value is -3.15. The molecule has 0 aliphatic carbocycles. The fourth-order valence-corrected chi connectivity index (χ4v) is 6.48. The zero-order valence-corrected chi connectivity index (χ0v) is 20.7. The number of carbonyl (C=O) groups excluding carboxylic acids is 2. The molecule has 0 saturated heterocycles. The first-order valence-corrected chi connectivity index (χ1v) is 12.9. The highest BCUT2D eigenvalue weighted by Crippen LogP contribution is 2.38. The quantitative estimate of drug-likeness (QED) is 0.457. The standard InChI is InChI=1S/C22H22ClN5O4S2/c1-12-8-19(13(2)7-15(12)23)34(31,32)28-17-6-4-3-5-16(17)27-21(30)18(28)9-20(29)25-10-14-11-26-22(24)33-14/h3-8,11,18H,9-10H2,1-2H3,(H2,24,26)(H,25,29)(H,27,30)/t18-/m1/s1. The van der Waals surface area contributed by atoms with Gasteiger partial charge >= 0.3 is 0 Å². The third-order valence-electron chi connectivity index (χ3n) is 5.39. The Morgan fingerprint density at radius 1 is 1.26 bits per heavy atom. The van der Waals surface area contributed by atoms with Crippen molar-refractivity contribution in [2.24, 2.45) is 0 Å². The largest absolute Gasteiger partial charge is 0.375 e. The first-order valence-electron chi connectivity index (χ1n) is 10.3. The molecule has 2 heterocycles. The number of nitrogen functional groups attached to an aromatic ring is 1. The summed E-state index contributed by atoms with van der Waals surface area (Å²) in [4.78, 5) is 30.5. The van der Waals surface area contributed by atoms with E-state index in [2.05, 4.69) is 15.6 Å². The minimum Gasteiger partial charge on any atom is -0.375 e. The van der Waals surface area contributed by atoms with Crippen molar-refractivity contribution in [3.63, 3.8) is 0 Å². The molecule has 4 rings (SSSR count). The van der Waals surface area contributed by atoms with Gasteiger partial charge in [-0.05, 0) is 49.2 Å². The Labute approximate surface area is 206 Å². The van der Waals surface area contributed by atoms with Gasteiger partial charge in [-0.1, -0.05) is 23.7 Å². The third-order valence-corrected chi connectivity index (χ3v) is 8.59. The second-order valence-corrected chi connectivity index (χ2v) is 11.2. The van der Waals surface area contributed by atoms with E-state index in [0.29, 0.717) is 27.0 Å². The zero-order chi connectivity index (χ0) is 24.6. The van der Waals surface area contributed by atoms with E-state index in [1.165, 1.54) is 17.4 Å². The van der Waals surface area contributed by atoms with Crippen molar-refractivity contribution in [1.82, 2.24) is 10.3 Å². The van der Waals surface area contributed by atoms with Crippen LogP contribution in [0, 0.1) is 13.8 Å². The number of anilines is 3. The molecule has 1 aliphatic rings. The van der Waals surface area contributed by atoms with Crippen molar-refractivity contribution in [2.45, 2.75) is 37.8 Å². The number of fused-ring (bicyclic) bond motifs is 1. The summed E-state index contributed by atoms with van der Waals surface area (Å²) in [5.41, 5.74) is 7.25. The number of amides is 2. The average Bonchev–Trinajstić information content (AvgIpc) is 3.20. The number of nitrogens with two attached hydrogens (primary N) is 1. The molecule has 12 heteroatoms. The summed E-state index contributed by atoms with van der Waals surface area (Å²) in [7, 11) is -4.23. The number of carbonyl (C=O) groups is 2. The minimum absolute atomic E-state index is 0.0180. The maximum atomic E-state index is 13.9. The molecular formula is C22H22ClN5O4S2. The average molecular weight is 520 g/mol. The first-order chi connectivity index (χ1) is 16.1. The van der Waals surface area contributed by atoms with E-state index in [9.17, 15) is 18.0 Å². The minimum atomic E-state index is -4.23. The summed E-state index contributed by atoms with van der Waals surface area (Å²) in [6.07, 6.45) is 1.17. The number of rotatable bonds is 6. The van der Waals surface area contributed by atoms with Crippen LogP contribution in [0.2, 0.25) is 5.02 Å². The Bertz CT molecular complexity index is 1390. The summed E-state index contributed by atoms with van der Waals surface area (Å²) in [6.45, 7) is 3.51. The van der Waals surface area contributed by atoms with E-state index in [4.69, 9.17) is 17.3 Å². The van der Waals surface area contributed by atoms with E-state index < -0.39 is 27.9 Å². The fourth-order valence-electron chi connectivity index (χ4n) is 3.71. The van der Waals surface area contributed by atoms with Crippen LogP contribution < -0.4 is 20.7 Å². The van der Waals surface area contributed by atoms with Gasteiger partial charge in [0.1, 0.15) is 6.04 Å². The fraction of sp³-hybridized carbons (Fsp3) is 0.227. The van der Waals surface area contributed by atoms with Gasteiger partial charge < -0.3 is 16.4 Å². The van der Waals surface area contributed by atoms with Crippen molar-refractivity contribution in [2.75, 3.05) is 15.4 Å². The molecule has 2 aromatic carbocycles. The van der Waals surface area contributed by atoms with Crippen molar-refractivity contribution >= 4 is 61.3 Å². The number of sulfonamides is 1. The molecule has 1 aromatic heterocycles. The van der Waals surface area contributed by atoms with Gasteiger partial charge in [0.25, 0.3) is 10.0 Å². The topological polar surface area (TPSA) is 134 Å². The number of hydrogen-bond donors (Lipinski definition) is 3. The van der Waals surface area contributed by atoms with E-state index in [1.54, 1.807) is 50.4 Å². The Balaban J connectivity index is 1.71. The first kappa shape index (κ1) is 24.0. The lowest BCUT2D eigenvalue weighted by molar-refractivity contribution is -0.125. The number of para-hydroxylation sites is 2. The maximum absolute atomic E-state index is 13.9. The highest BCUT2D eigenvalue weighted by atomic mass is 35.5. The number of aromatic nitrogens is 1. The molecule has 3 aromatic rings. The molecule has 178 valence electrons. The van der Waals surface area contributed by atoms with Gasteiger partial charge in [0.2, 0.25) is 11.8 Å². The van der Waals surface area contributed by atoms with Crippen LogP contribution in [-0.4, -0.2) is 31.3 Å².